The normalized spacial score (nSPS) is 9.81. The Morgan fingerprint density at radius 3 is 2.95 bits per heavy atom. The SMILES string of the molecule is Cc1ccc(OCc2cc(C#CCN)cs2)c([N+](=O)[O-])c1. The van der Waals surface area contributed by atoms with Crippen LogP contribution >= 0.6 is 11.3 Å². The van der Waals surface area contributed by atoms with Crippen LogP contribution in [0.4, 0.5) is 5.69 Å². The first-order chi connectivity index (χ1) is 10.1. The highest BCUT2D eigenvalue weighted by atomic mass is 32.1. The number of thiophene rings is 1. The predicted molar refractivity (Wildman–Crippen MR) is 82.4 cm³/mol. The van der Waals surface area contributed by atoms with E-state index in [9.17, 15) is 10.1 Å². The second-order valence-electron chi connectivity index (χ2n) is 4.32. The molecule has 0 amide bonds. The molecular formula is C15H14N2O3S. The van der Waals surface area contributed by atoms with E-state index in [0.29, 0.717) is 6.54 Å². The number of hydrogen-bond donors (Lipinski definition) is 1. The van der Waals surface area contributed by atoms with Gasteiger partial charge in [-0.2, -0.15) is 0 Å². The van der Waals surface area contributed by atoms with Gasteiger partial charge in [-0.25, -0.2) is 0 Å². The zero-order chi connectivity index (χ0) is 15.2. The molecule has 6 heteroatoms. The third-order valence-electron chi connectivity index (χ3n) is 2.67. The van der Waals surface area contributed by atoms with Crippen LogP contribution in [0.25, 0.3) is 0 Å². The van der Waals surface area contributed by atoms with E-state index in [4.69, 9.17) is 10.5 Å². The minimum atomic E-state index is -0.436. The fourth-order valence-electron chi connectivity index (χ4n) is 1.72. The molecule has 0 saturated carbocycles. The zero-order valence-electron chi connectivity index (χ0n) is 11.5. The first kappa shape index (κ1) is 15.0. The Morgan fingerprint density at radius 2 is 2.24 bits per heavy atom. The van der Waals surface area contributed by atoms with Gasteiger partial charge in [-0.05, 0) is 24.6 Å². The third-order valence-corrected chi connectivity index (χ3v) is 3.58. The first-order valence-electron chi connectivity index (χ1n) is 6.24. The maximum Gasteiger partial charge on any atom is 0.311 e. The van der Waals surface area contributed by atoms with E-state index in [1.54, 1.807) is 19.1 Å². The number of ether oxygens (including phenoxy) is 1. The van der Waals surface area contributed by atoms with Crippen LogP contribution in [0.3, 0.4) is 0 Å². The van der Waals surface area contributed by atoms with Gasteiger partial charge in [0.15, 0.2) is 5.75 Å². The number of nitrogens with two attached hydrogens (primary N) is 1. The Bertz CT molecular complexity index is 713. The first-order valence-corrected chi connectivity index (χ1v) is 7.12. The number of nitrogens with zero attached hydrogens (tertiary/aromatic N) is 1. The number of nitro benzene ring substituents is 1. The summed E-state index contributed by atoms with van der Waals surface area (Å²) in [6.07, 6.45) is 0. The van der Waals surface area contributed by atoms with Crippen molar-refractivity contribution in [3.05, 3.63) is 55.8 Å². The molecule has 2 aromatic rings. The Balaban J connectivity index is 2.09. The molecule has 0 saturated heterocycles. The molecule has 0 aliphatic heterocycles. The summed E-state index contributed by atoms with van der Waals surface area (Å²) in [5.74, 6) is 5.98. The van der Waals surface area contributed by atoms with Crippen LogP contribution in [0.5, 0.6) is 5.75 Å². The Labute approximate surface area is 126 Å². The monoisotopic (exact) mass is 302 g/mol. The van der Waals surface area contributed by atoms with E-state index in [1.165, 1.54) is 17.4 Å². The molecule has 108 valence electrons. The second-order valence-corrected chi connectivity index (χ2v) is 5.32. The highest BCUT2D eigenvalue weighted by Crippen LogP contribution is 2.29. The molecule has 0 unspecified atom stereocenters. The van der Waals surface area contributed by atoms with E-state index in [-0.39, 0.29) is 18.0 Å². The summed E-state index contributed by atoms with van der Waals surface area (Å²) in [6, 6.07) is 6.81. The fraction of sp³-hybridized carbons (Fsp3) is 0.200. The van der Waals surface area contributed by atoms with Gasteiger partial charge in [0.05, 0.1) is 11.5 Å². The van der Waals surface area contributed by atoms with E-state index in [2.05, 4.69) is 11.8 Å². The van der Waals surface area contributed by atoms with E-state index in [0.717, 1.165) is 16.0 Å². The minimum absolute atomic E-state index is 0.0188. The lowest BCUT2D eigenvalue weighted by Crippen LogP contribution is -1.98. The smallest absolute Gasteiger partial charge is 0.311 e. The van der Waals surface area contributed by atoms with Crippen LogP contribution in [0.1, 0.15) is 16.0 Å². The van der Waals surface area contributed by atoms with Crippen molar-refractivity contribution >= 4 is 17.0 Å². The summed E-state index contributed by atoms with van der Waals surface area (Å²) in [5, 5.41) is 12.9. The van der Waals surface area contributed by atoms with Gasteiger partial charge in [0.2, 0.25) is 0 Å². The topological polar surface area (TPSA) is 78.4 Å². The van der Waals surface area contributed by atoms with Crippen molar-refractivity contribution in [2.24, 2.45) is 5.73 Å². The summed E-state index contributed by atoms with van der Waals surface area (Å²) in [7, 11) is 0. The summed E-state index contributed by atoms with van der Waals surface area (Å²) in [6.45, 7) is 2.40. The highest BCUT2D eigenvalue weighted by Gasteiger charge is 2.15. The second kappa shape index (κ2) is 6.88. The van der Waals surface area contributed by atoms with Gasteiger partial charge in [0.1, 0.15) is 6.61 Å². The van der Waals surface area contributed by atoms with Gasteiger partial charge < -0.3 is 10.5 Å². The molecule has 1 aromatic carbocycles. The summed E-state index contributed by atoms with van der Waals surface area (Å²) < 4.78 is 5.55. The van der Waals surface area contributed by atoms with Crippen LogP contribution in [0.15, 0.2) is 29.6 Å². The van der Waals surface area contributed by atoms with Crippen molar-refractivity contribution in [1.29, 1.82) is 0 Å². The lowest BCUT2D eigenvalue weighted by Gasteiger charge is -2.05. The number of benzene rings is 1. The number of rotatable bonds is 4. The van der Waals surface area contributed by atoms with Crippen LogP contribution in [-0.2, 0) is 6.61 Å². The predicted octanol–water partition coefficient (Wildman–Crippen LogP) is 2.85. The van der Waals surface area contributed by atoms with Crippen LogP contribution in [0.2, 0.25) is 0 Å². The van der Waals surface area contributed by atoms with E-state index >= 15 is 0 Å². The molecule has 0 radical (unpaired) electrons. The molecule has 1 heterocycles. The van der Waals surface area contributed by atoms with Gasteiger partial charge in [0.25, 0.3) is 0 Å². The quantitative estimate of drug-likeness (QED) is 0.535. The van der Waals surface area contributed by atoms with Crippen molar-refractivity contribution in [3.63, 3.8) is 0 Å². The van der Waals surface area contributed by atoms with Crippen molar-refractivity contribution in [3.8, 4) is 17.6 Å². The van der Waals surface area contributed by atoms with E-state index in [1.807, 2.05) is 11.4 Å². The molecule has 0 atom stereocenters. The van der Waals surface area contributed by atoms with Crippen LogP contribution < -0.4 is 10.5 Å². The van der Waals surface area contributed by atoms with Gasteiger partial charge in [-0.15, -0.1) is 11.3 Å². The maximum absolute atomic E-state index is 11.0. The van der Waals surface area contributed by atoms with Crippen molar-refractivity contribution in [2.45, 2.75) is 13.5 Å². The molecular weight excluding hydrogens is 288 g/mol. The molecule has 21 heavy (non-hydrogen) atoms. The molecule has 2 rings (SSSR count). The lowest BCUT2D eigenvalue weighted by molar-refractivity contribution is -0.386. The van der Waals surface area contributed by atoms with Gasteiger partial charge in [0, 0.05) is 21.9 Å². The molecule has 1 aromatic heterocycles. The highest BCUT2D eigenvalue weighted by molar-refractivity contribution is 7.10. The molecule has 0 fully saturated rings. The molecule has 0 aliphatic carbocycles. The van der Waals surface area contributed by atoms with Crippen LogP contribution in [0, 0.1) is 28.9 Å². The Kier molecular flexibility index (Phi) is 4.93. The Morgan fingerprint density at radius 1 is 1.43 bits per heavy atom. The molecule has 5 nitrogen and oxygen atoms in total. The van der Waals surface area contributed by atoms with Crippen molar-refractivity contribution in [2.75, 3.05) is 6.54 Å². The zero-order valence-corrected chi connectivity index (χ0v) is 12.3. The Hall–Kier alpha value is -2.36. The standard InChI is InChI=1S/C15H14N2O3S/c1-11-4-5-15(14(7-11)17(18)19)20-9-13-8-12(10-21-13)3-2-6-16/h4-5,7-8,10H,6,9,16H2,1H3. The lowest BCUT2D eigenvalue weighted by atomic mass is 10.2. The number of nitro groups is 1. The van der Waals surface area contributed by atoms with Crippen molar-refractivity contribution in [1.82, 2.24) is 0 Å². The van der Waals surface area contributed by atoms with Gasteiger partial charge in [-0.1, -0.05) is 17.9 Å². The maximum atomic E-state index is 11.0. The fourth-order valence-corrected chi connectivity index (χ4v) is 2.44. The summed E-state index contributed by atoms with van der Waals surface area (Å²) in [5.41, 5.74) is 7.00. The minimum Gasteiger partial charge on any atom is -0.481 e. The largest absolute Gasteiger partial charge is 0.481 e. The summed E-state index contributed by atoms with van der Waals surface area (Å²) in [4.78, 5) is 11.5. The molecule has 0 spiro atoms. The van der Waals surface area contributed by atoms with Gasteiger partial charge in [-0.3, -0.25) is 10.1 Å². The van der Waals surface area contributed by atoms with Crippen LogP contribution in [-0.4, -0.2) is 11.5 Å². The van der Waals surface area contributed by atoms with Crippen molar-refractivity contribution < 1.29 is 9.66 Å². The van der Waals surface area contributed by atoms with E-state index < -0.39 is 4.92 Å². The third kappa shape index (κ3) is 4.05. The molecule has 0 bridgehead atoms. The number of aryl methyl sites for hydroxylation is 1. The summed E-state index contributed by atoms with van der Waals surface area (Å²) >= 11 is 1.50. The average molecular weight is 302 g/mol. The van der Waals surface area contributed by atoms with Gasteiger partial charge >= 0.3 is 5.69 Å². The molecule has 0 aliphatic rings. The number of hydrogen-bond acceptors (Lipinski definition) is 5. The molecule has 2 N–H and O–H groups in total. The average Bonchev–Trinajstić information content (AvgIpc) is 2.91.